The Labute approximate surface area is 116 Å². The second kappa shape index (κ2) is 6.04. The molecule has 0 aliphatic rings. The number of carbonyl (C=O) groups excluding carboxylic acids is 1. The maximum absolute atomic E-state index is 11.8. The van der Waals surface area contributed by atoms with Crippen molar-refractivity contribution < 1.29 is 14.3 Å². The molecule has 0 saturated heterocycles. The fourth-order valence-corrected chi connectivity index (χ4v) is 1.72. The maximum Gasteiger partial charge on any atom is 0.251 e. The summed E-state index contributed by atoms with van der Waals surface area (Å²) in [5.74, 6) is 0.817. The van der Waals surface area contributed by atoms with Gasteiger partial charge in [-0.2, -0.15) is 5.26 Å². The minimum atomic E-state index is -0.883. The van der Waals surface area contributed by atoms with Gasteiger partial charge in [-0.05, 0) is 43.3 Å². The average molecular weight is 270 g/mol. The summed E-state index contributed by atoms with van der Waals surface area (Å²) in [5, 5.41) is 21.1. The van der Waals surface area contributed by atoms with E-state index in [0.29, 0.717) is 22.6 Å². The second-order valence-corrected chi connectivity index (χ2v) is 4.36. The number of rotatable bonds is 4. The highest BCUT2D eigenvalue weighted by Gasteiger charge is 2.13. The number of aryl methyl sites for hydroxylation is 1. The van der Waals surface area contributed by atoms with Crippen molar-refractivity contribution in [1.82, 2.24) is 5.32 Å². The lowest BCUT2D eigenvalue weighted by atomic mass is 10.1. The molecule has 0 bridgehead atoms. The molecule has 20 heavy (non-hydrogen) atoms. The van der Waals surface area contributed by atoms with Crippen LogP contribution in [0.25, 0.3) is 0 Å². The second-order valence-electron chi connectivity index (χ2n) is 4.36. The van der Waals surface area contributed by atoms with Gasteiger partial charge in [0.15, 0.2) is 0 Å². The van der Waals surface area contributed by atoms with Crippen molar-refractivity contribution in [3.63, 3.8) is 0 Å². The van der Waals surface area contributed by atoms with Gasteiger partial charge in [0.2, 0.25) is 0 Å². The third-order valence-corrected chi connectivity index (χ3v) is 2.82. The summed E-state index contributed by atoms with van der Waals surface area (Å²) in [7, 11) is 0. The smallest absolute Gasteiger partial charge is 0.251 e. The number of nitriles is 1. The standard InChI is InChI=1S/C15H14N2O3/c1-10-2-7-14(20-10)13(18)9-17-15(19)12-5-3-11(8-16)4-6-12/h2-7,13,18H,9H2,1H3,(H,17,19)/t13-/m0/s1. The number of aliphatic hydroxyl groups is 1. The van der Waals surface area contributed by atoms with E-state index in [-0.39, 0.29) is 12.5 Å². The molecule has 2 N–H and O–H groups in total. The summed E-state index contributed by atoms with van der Waals surface area (Å²) in [6.45, 7) is 1.84. The van der Waals surface area contributed by atoms with Crippen LogP contribution in [0.4, 0.5) is 0 Å². The molecular weight excluding hydrogens is 256 g/mol. The average Bonchev–Trinajstić information content (AvgIpc) is 2.91. The van der Waals surface area contributed by atoms with Gasteiger partial charge < -0.3 is 14.8 Å². The first kappa shape index (κ1) is 13.8. The van der Waals surface area contributed by atoms with Gasteiger partial charge in [-0.1, -0.05) is 0 Å². The molecular formula is C15H14N2O3. The van der Waals surface area contributed by atoms with Gasteiger partial charge in [-0.15, -0.1) is 0 Å². The molecule has 0 spiro atoms. The van der Waals surface area contributed by atoms with E-state index in [4.69, 9.17) is 9.68 Å². The van der Waals surface area contributed by atoms with Crippen molar-refractivity contribution in [2.24, 2.45) is 0 Å². The summed E-state index contributed by atoms with van der Waals surface area (Å²) in [5.41, 5.74) is 0.930. The van der Waals surface area contributed by atoms with Crippen molar-refractivity contribution in [3.05, 3.63) is 59.0 Å². The summed E-state index contributed by atoms with van der Waals surface area (Å²) < 4.78 is 5.28. The molecule has 5 nitrogen and oxygen atoms in total. The Balaban J connectivity index is 1.93. The number of hydrogen-bond donors (Lipinski definition) is 2. The van der Waals surface area contributed by atoms with Gasteiger partial charge in [0.25, 0.3) is 5.91 Å². The highest BCUT2D eigenvalue weighted by Crippen LogP contribution is 2.15. The van der Waals surface area contributed by atoms with E-state index in [9.17, 15) is 9.90 Å². The molecule has 1 atom stereocenters. The molecule has 0 unspecified atom stereocenters. The van der Waals surface area contributed by atoms with Gasteiger partial charge in [-0.3, -0.25) is 4.79 Å². The van der Waals surface area contributed by atoms with Crippen LogP contribution >= 0.6 is 0 Å². The van der Waals surface area contributed by atoms with E-state index >= 15 is 0 Å². The van der Waals surface area contributed by atoms with Gasteiger partial charge in [0, 0.05) is 5.56 Å². The lowest BCUT2D eigenvalue weighted by molar-refractivity contribution is 0.0900. The molecule has 2 rings (SSSR count). The fourth-order valence-electron chi connectivity index (χ4n) is 1.72. The van der Waals surface area contributed by atoms with Crippen LogP contribution in [0.1, 0.15) is 33.5 Å². The molecule has 0 aliphatic heterocycles. The Hall–Kier alpha value is -2.58. The fraction of sp³-hybridized carbons (Fsp3) is 0.200. The Kier molecular flexibility index (Phi) is 4.18. The summed E-state index contributed by atoms with van der Waals surface area (Å²) in [6.07, 6.45) is -0.883. The van der Waals surface area contributed by atoms with Gasteiger partial charge in [0.1, 0.15) is 17.6 Å². The number of amides is 1. The molecule has 102 valence electrons. The number of carbonyl (C=O) groups is 1. The number of nitrogens with zero attached hydrogens (tertiary/aromatic N) is 1. The van der Waals surface area contributed by atoms with Crippen molar-refractivity contribution >= 4 is 5.91 Å². The van der Waals surface area contributed by atoms with Crippen molar-refractivity contribution in [2.45, 2.75) is 13.0 Å². The largest absolute Gasteiger partial charge is 0.464 e. The quantitative estimate of drug-likeness (QED) is 0.888. The Morgan fingerprint density at radius 1 is 1.35 bits per heavy atom. The van der Waals surface area contributed by atoms with E-state index in [2.05, 4.69) is 5.32 Å². The van der Waals surface area contributed by atoms with Gasteiger partial charge >= 0.3 is 0 Å². The highest BCUT2D eigenvalue weighted by atomic mass is 16.4. The first-order valence-corrected chi connectivity index (χ1v) is 6.13. The number of furan rings is 1. The number of benzene rings is 1. The van der Waals surface area contributed by atoms with Crippen LogP contribution in [0.5, 0.6) is 0 Å². The summed E-state index contributed by atoms with van der Waals surface area (Å²) in [6, 6.07) is 11.7. The van der Waals surface area contributed by atoms with E-state index in [0.717, 1.165) is 0 Å². The van der Waals surface area contributed by atoms with Crippen LogP contribution in [0, 0.1) is 18.3 Å². The van der Waals surface area contributed by atoms with Crippen molar-refractivity contribution in [1.29, 1.82) is 5.26 Å². The maximum atomic E-state index is 11.8. The molecule has 0 saturated carbocycles. The van der Waals surface area contributed by atoms with Crippen molar-refractivity contribution in [2.75, 3.05) is 6.54 Å². The zero-order chi connectivity index (χ0) is 14.5. The first-order chi connectivity index (χ1) is 9.60. The highest BCUT2D eigenvalue weighted by molar-refractivity contribution is 5.94. The lowest BCUT2D eigenvalue weighted by Gasteiger charge is -2.09. The predicted molar refractivity (Wildman–Crippen MR) is 71.9 cm³/mol. The zero-order valence-corrected chi connectivity index (χ0v) is 11.0. The number of hydrogen-bond acceptors (Lipinski definition) is 4. The topological polar surface area (TPSA) is 86.3 Å². The minimum Gasteiger partial charge on any atom is -0.464 e. The van der Waals surface area contributed by atoms with E-state index in [1.807, 2.05) is 6.07 Å². The van der Waals surface area contributed by atoms with Crippen molar-refractivity contribution in [3.8, 4) is 6.07 Å². The van der Waals surface area contributed by atoms with E-state index in [1.54, 1.807) is 43.3 Å². The van der Waals surface area contributed by atoms with Gasteiger partial charge in [-0.25, -0.2) is 0 Å². The molecule has 1 heterocycles. The first-order valence-electron chi connectivity index (χ1n) is 6.13. The molecule has 0 radical (unpaired) electrons. The van der Waals surface area contributed by atoms with E-state index in [1.165, 1.54) is 0 Å². The zero-order valence-electron chi connectivity index (χ0n) is 11.0. The molecule has 1 aromatic carbocycles. The molecule has 1 aromatic heterocycles. The molecule has 0 fully saturated rings. The minimum absolute atomic E-state index is 0.0613. The van der Waals surface area contributed by atoms with Crippen LogP contribution < -0.4 is 5.32 Å². The molecule has 5 heteroatoms. The summed E-state index contributed by atoms with van der Waals surface area (Å²) >= 11 is 0. The number of aliphatic hydroxyl groups excluding tert-OH is 1. The third-order valence-electron chi connectivity index (χ3n) is 2.82. The SMILES string of the molecule is Cc1ccc([C@@H](O)CNC(=O)c2ccc(C#N)cc2)o1. The van der Waals surface area contributed by atoms with Crippen LogP contribution in [-0.4, -0.2) is 17.6 Å². The Morgan fingerprint density at radius 2 is 2.05 bits per heavy atom. The van der Waals surface area contributed by atoms with Crippen LogP contribution in [0.2, 0.25) is 0 Å². The molecule has 1 amide bonds. The van der Waals surface area contributed by atoms with Crippen LogP contribution in [0.3, 0.4) is 0 Å². The van der Waals surface area contributed by atoms with E-state index < -0.39 is 6.10 Å². The normalized spacial score (nSPS) is 11.7. The van der Waals surface area contributed by atoms with Gasteiger partial charge in [0.05, 0.1) is 18.2 Å². The molecule has 2 aromatic rings. The Morgan fingerprint density at radius 3 is 2.60 bits per heavy atom. The monoisotopic (exact) mass is 270 g/mol. The Bertz CT molecular complexity index is 638. The molecule has 0 aliphatic carbocycles. The lowest BCUT2D eigenvalue weighted by Crippen LogP contribution is -2.28. The predicted octanol–water partition coefficient (Wildman–Crippen LogP) is 1.92. The summed E-state index contributed by atoms with van der Waals surface area (Å²) in [4.78, 5) is 11.8. The van der Waals surface area contributed by atoms with Crippen LogP contribution in [-0.2, 0) is 0 Å². The number of nitrogens with one attached hydrogen (secondary N) is 1. The van der Waals surface area contributed by atoms with Crippen LogP contribution in [0.15, 0.2) is 40.8 Å². The third kappa shape index (κ3) is 3.25.